The normalized spacial score (nSPS) is 17.5. The van der Waals surface area contributed by atoms with Crippen LogP contribution >= 0.6 is 0 Å². The van der Waals surface area contributed by atoms with E-state index in [0.717, 1.165) is 6.54 Å². The standard InChI is InChI=1S/C28H29F2N9O2S/c1-3-42(40,41)38-16-28(17-38,7-8-31)39-15-19(14-33-39)25-21-4-9-32-26(21)36-27(35-25)34-20-12-22(29)24(23(30)13-20)18-5-10-37(2)11-6-18/h4-5,9,12-15H,3,6-7,10-11,16-17H2,1-2H3,(H2,32,34,35,36). The molecule has 0 atom stereocenters. The zero-order valence-corrected chi connectivity index (χ0v) is 23.9. The van der Waals surface area contributed by atoms with Gasteiger partial charge in [0, 0.05) is 60.8 Å². The van der Waals surface area contributed by atoms with Crippen molar-refractivity contribution in [2.24, 2.45) is 0 Å². The van der Waals surface area contributed by atoms with Crippen LogP contribution in [0.2, 0.25) is 0 Å². The summed E-state index contributed by atoms with van der Waals surface area (Å²) in [4.78, 5) is 14.2. The Morgan fingerprint density at radius 3 is 2.64 bits per heavy atom. The molecule has 1 aromatic carbocycles. The van der Waals surface area contributed by atoms with Crippen molar-refractivity contribution in [2.45, 2.75) is 25.3 Å². The molecule has 1 fully saturated rings. The fourth-order valence-corrected chi connectivity index (χ4v) is 6.71. The lowest BCUT2D eigenvalue weighted by atomic mass is 9.89. The topological polar surface area (TPSA) is 136 Å². The molecule has 0 bridgehead atoms. The number of hydrogen-bond donors (Lipinski definition) is 2. The summed E-state index contributed by atoms with van der Waals surface area (Å²) < 4.78 is 57.9. The van der Waals surface area contributed by atoms with E-state index in [1.165, 1.54) is 16.4 Å². The van der Waals surface area contributed by atoms with Crippen LogP contribution in [0.1, 0.15) is 25.3 Å². The average Bonchev–Trinajstić information content (AvgIpc) is 3.61. The third-order valence-corrected chi connectivity index (χ3v) is 9.67. The Morgan fingerprint density at radius 1 is 1.21 bits per heavy atom. The van der Waals surface area contributed by atoms with Crippen molar-refractivity contribution in [1.82, 2.24) is 33.9 Å². The molecule has 6 rings (SSSR count). The smallest absolute Gasteiger partial charge is 0.229 e. The Morgan fingerprint density at radius 2 is 1.98 bits per heavy atom. The van der Waals surface area contributed by atoms with Crippen LogP contribution < -0.4 is 5.32 Å². The summed E-state index contributed by atoms with van der Waals surface area (Å²) >= 11 is 0. The number of halogens is 2. The predicted octanol–water partition coefficient (Wildman–Crippen LogP) is 3.84. The molecule has 3 aromatic heterocycles. The fraction of sp³-hybridized carbons (Fsp3) is 0.357. The van der Waals surface area contributed by atoms with Gasteiger partial charge in [0.1, 0.15) is 22.8 Å². The second kappa shape index (κ2) is 10.6. The van der Waals surface area contributed by atoms with Gasteiger partial charge in [-0.3, -0.25) is 4.68 Å². The average molecular weight is 594 g/mol. The molecule has 0 spiro atoms. The van der Waals surface area contributed by atoms with Gasteiger partial charge in [0.15, 0.2) is 0 Å². The molecule has 218 valence electrons. The summed E-state index contributed by atoms with van der Waals surface area (Å²) in [6.07, 6.45) is 7.52. The molecular formula is C28H29F2N9O2S. The Labute approximate surface area is 241 Å². The zero-order chi connectivity index (χ0) is 29.6. The molecule has 14 heteroatoms. The summed E-state index contributed by atoms with van der Waals surface area (Å²) in [5.74, 6) is -1.24. The number of rotatable bonds is 8. The van der Waals surface area contributed by atoms with E-state index in [-0.39, 0.29) is 42.5 Å². The highest BCUT2D eigenvalue weighted by Gasteiger charge is 2.49. The van der Waals surface area contributed by atoms with Crippen LogP contribution in [0.15, 0.2) is 42.9 Å². The predicted molar refractivity (Wildman–Crippen MR) is 154 cm³/mol. The lowest BCUT2D eigenvalue weighted by Crippen LogP contribution is -2.64. The van der Waals surface area contributed by atoms with Gasteiger partial charge in [-0.2, -0.15) is 19.6 Å². The molecule has 2 aliphatic rings. The first kappa shape index (κ1) is 28.0. The molecule has 0 amide bonds. The summed E-state index contributed by atoms with van der Waals surface area (Å²) in [7, 11) is -1.43. The van der Waals surface area contributed by atoms with Crippen molar-refractivity contribution in [1.29, 1.82) is 5.26 Å². The van der Waals surface area contributed by atoms with Gasteiger partial charge in [0.25, 0.3) is 0 Å². The van der Waals surface area contributed by atoms with Crippen LogP contribution in [0.3, 0.4) is 0 Å². The monoisotopic (exact) mass is 593 g/mol. The van der Waals surface area contributed by atoms with Crippen molar-refractivity contribution in [3.8, 4) is 17.3 Å². The number of likely N-dealkylation sites (N-methyl/N-ethyl adjacent to an activating group) is 1. The van der Waals surface area contributed by atoms with E-state index in [4.69, 9.17) is 0 Å². The number of aromatic amines is 1. The first-order valence-electron chi connectivity index (χ1n) is 13.5. The highest BCUT2D eigenvalue weighted by atomic mass is 32.2. The zero-order valence-electron chi connectivity index (χ0n) is 23.1. The number of sulfonamides is 1. The minimum atomic E-state index is -3.39. The van der Waals surface area contributed by atoms with Gasteiger partial charge in [-0.1, -0.05) is 6.08 Å². The molecule has 0 saturated carbocycles. The van der Waals surface area contributed by atoms with Gasteiger partial charge in [-0.25, -0.2) is 22.2 Å². The quantitative estimate of drug-likeness (QED) is 0.315. The number of nitrogens with one attached hydrogen (secondary N) is 2. The summed E-state index contributed by atoms with van der Waals surface area (Å²) in [5.41, 5.74) is 1.62. The second-order valence-electron chi connectivity index (χ2n) is 10.7. The van der Waals surface area contributed by atoms with E-state index in [2.05, 4.69) is 36.3 Å². The summed E-state index contributed by atoms with van der Waals surface area (Å²) in [6.45, 7) is 3.23. The third-order valence-electron chi connectivity index (χ3n) is 7.90. The molecule has 0 radical (unpaired) electrons. The SMILES string of the molecule is CCS(=O)(=O)N1CC(CC#N)(n2cc(-c3nc(Nc4cc(F)c(C5=CCN(C)CC5)c(F)c4)nc4[nH]ccc34)cn2)C1. The maximum atomic E-state index is 15.1. The van der Waals surface area contributed by atoms with E-state index in [1.807, 2.05) is 13.1 Å². The molecule has 1 saturated heterocycles. The summed E-state index contributed by atoms with van der Waals surface area (Å²) in [5, 5.41) is 17.6. The maximum Gasteiger partial charge on any atom is 0.229 e. The van der Waals surface area contributed by atoms with Crippen LogP contribution in [-0.4, -0.2) is 81.3 Å². The molecule has 5 heterocycles. The van der Waals surface area contributed by atoms with Crippen molar-refractivity contribution in [3.05, 3.63) is 60.1 Å². The number of fused-ring (bicyclic) bond motifs is 1. The van der Waals surface area contributed by atoms with Crippen molar-refractivity contribution in [2.75, 3.05) is 44.3 Å². The summed E-state index contributed by atoms with van der Waals surface area (Å²) in [6, 6.07) is 6.42. The molecule has 0 aliphatic carbocycles. The second-order valence-corrected chi connectivity index (χ2v) is 13.0. The molecule has 2 aliphatic heterocycles. The van der Waals surface area contributed by atoms with Crippen molar-refractivity contribution >= 4 is 38.3 Å². The first-order chi connectivity index (χ1) is 20.1. The highest BCUT2D eigenvalue weighted by molar-refractivity contribution is 7.89. The van der Waals surface area contributed by atoms with Crippen molar-refractivity contribution in [3.63, 3.8) is 0 Å². The Balaban J connectivity index is 1.31. The Kier molecular flexibility index (Phi) is 7.04. The van der Waals surface area contributed by atoms with Gasteiger partial charge in [-0.05, 0) is 44.2 Å². The lowest BCUT2D eigenvalue weighted by Gasteiger charge is -2.47. The number of nitriles is 1. The molecule has 0 unspecified atom stereocenters. The molecule has 2 N–H and O–H groups in total. The van der Waals surface area contributed by atoms with Crippen LogP contribution in [0.4, 0.5) is 20.4 Å². The highest BCUT2D eigenvalue weighted by Crippen LogP contribution is 2.36. The fourth-order valence-electron chi connectivity index (χ4n) is 5.47. The van der Waals surface area contributed by atoms with Crippen LogP contribution in [0.5, 0.6) is 0 Å². The van der Waals surface area contributed by atoms with Gasteiger partial charge in [0.2, 0.25) is 16.0 Å². The Hall–Kier alpha value is -4.19. The number of hydrogen-bond acceptors (Lipinski definition) is 8. The number of nitrogens with zero attached hydrogens (tertiary/aromatic N) is 7. The Bertz CT molecular complexity index is 1830. The first-order valence-corrected chi connectivity index (χ1v) is 15.1. The van der Waals surface area contributed by atoms with Crippen LogP contribution in [0.25, 0.3) is 27.9 Å². The van der Waals surface area contributed by atoms with Gasteiger partial charge < -0.3 is 15.2 Å². The largest absolute Gasteiger partial charge is 0.346 e. The minimum Gasteiger partial charge on any atom is -0.346 e. The van der Waals surface area contributed by atoms with E-state index >= 15 is 8.78 Å². The van der Waals surface area contributed by atoms with Crippen LogP contribution in [-0.2, 0) is 15.6 Å². The molecular weight excluding hydrogens is 564 g/mol. The van der Waals surface area contributed by atoms with E-state index in [9.17, 15) is 13.7 Å². The lowest BCUT2D eigenvalue weighted by molar-refractivity contribution is 0.0719. The van der Waals surface area contributed by atoms with Gasteiger partial charge in [-0.15, -0.1) is 0 Å². The van der Waals surface area contributed by atoms with E-state index in [1.54, 1.807) is 36.3 Å². The van der Waals surface area contributed by atoms with Crippen LogP contribution in [0, 0.1) is 23.0 Å². The van der Waals surface area contributed by atoms with Crippen molar-refractivity contribution < 1.29 is 17.2 Å². The molecule has 4 aromatic rings. The number of anilines is 2. The van der Waals surface area contributed by atoms with Gasteiger partial charge >= 0.3 is 0 Å². The minimum absolute atomic E-state index is 0.0184. The molecule has 42 heavy (non-hydrogen) atoms. The molecule has 11 nitrogen and oxygen atoms in total. The van der Waals surface area contributed by atoms with E-state index < -0.39 is 27.2 Å². The van der Waals surface area contributed by atoms with E-state index in [0.29, 0.717) is 40.8 Å². The third kappa shape index (κ3) is 4.93. The number of aromatic nitrogens is 5. The number of H-pyrrole nitrogens is 1. The van der Waals surface area contributed by atoms with Gasteiger partial charge in [0.05, 0.1) is 30.1 Å². The number of benzene rings is 1. The maximum absolute atomic E-state index is 15.1.